The molecule has 1 amide bonds. The Hall–Kier alpha value is -2.40. The van der Waals surface area contributed by atoms with E-state index in [9.17, 15) is 9.18 Å². The molecular weight excluding hydrogens is 319 g/mol. The second-order valence-corrected chi connectivity index (χ2v) is 6.38. The molecule has 1 saturated heterocycles. The van der Waals surface area contributed by atoms with E-state index in [0.29, 0.717) is 5.56 Å². The van der Waals surface area contributed by atoms with E-state index in [-0.39, 0.29) is 17.8 Å². The van der Waals surface area contributed by atoms with Gasteiger partial charge in [-0.25, -0.2) is 4.39 Å². The third kappa shape index (κ3) is 4.79. The van der Waals surface area contributed by atoms with Gasteiger partial charge in [0.25, 0.3) is 5.91 Å². The lowest BCUT2D eigenvalue weighted by molar-refractivity contribution is 0.0909. The van der Waals surface area contributed by atoms with Crippen molar-refractivity contribution in [2.45, 2.75) is 25.4 Å². The zero-order chi connectivity index (χ0) is 17.6. The number of ether oxygens (including phenoxy) is 1. The van der Waals surface area contributed by atoms with Gasteiger partial charge in [0, 0.05) is 31.2 Å². The van der Waals surface area contributed by atoms with Crippen molar-refractivity contribution in [2.24, 2.45) is 0 Å². The maximum Gasteiger partial charge on any atom is 0.251 e. The summed E-state index contributed by atoms with van der Waals surface area (Å²) in [5.74, 6) is 0.410. The molecule has 0 atom stereocenters. The van der Waals surface area contributed by atoms with Gasteiger partial charge in [0.05, 0.1) is 7.11 Å². The number of amides is 1. The fourth-order valence-electron chi connectivity index (χ4n) is 3.13. The number of hydrogen-bond acceptors (Lipinski definition) is 3. The lowest BCUT2D eigenvalue weighted by Crippen LogP contribution is -2.44. The van der Waals surface area contributed by atoms with Crippen molar-refractivity contribution in [1.82, 2.24) is 10.2 Å². The van der Waals surface area contributed by atoms with E-state index in [1.165, 1.54) is 29.8 Å². The summed E-state index contributed by atoms with van der Waals surface area (Å²) in [7, 11) is 1.68. The van der Waals surface area contributed by atoms with Crippen LogP contribution in [0.3, 0.4) is 0 Å². The van der Waals surface area contributed by atoms with Crippen LogP contribution >= 0.6 is 0 Å². The monoisotopic (exact) mass is 342 g/mol. The predicted molar refractivity (Wildman–Crippen MR) is 95.2 cm³/mol. The Kier molecular flexibility index (Phi) is 5.66. The fraction of sp³-hybridized carbons (Fsp3) is 0.350. The Morgan fingerprint density at radius 2 is 1.92 bits per heavy atom. The van der Waals surface area contributed by atoms with Crippen molar-refractivity contribution in [2.75, 3.05) is 20.2 Å². The topological polar surface area (TPSA) is 41.6 Å². The molecule has 0 spiro atoms. The molecule has 1 heterocycles. The lowest BCUT2D eigenvalue weighted by Gasteiger charge is -2.32. The van der Waals surface area contributed by atoms with Crippen molar-refractivity contribution in [1.29, 1.82) is 0 Å². The van der Waals surface area contributed by atoms with Crippen molar-refractivity contribution in [3.8, 4) is 5.75 Å². The van der Waals surface area contributed by atoms with Crippen LogP contribution in [0.5, 0.6) is 5.75 Å². The maximum absolute atomic E-state index is 12.9. The summed E-state index contributed by atoms with van der Waals surface area (Å²) < 4.78 is 18.2. The normalized spacial score (nSPS) is 15.8. The summed E-state index contributed by atoms with van der Waals surface area (Å²) >= 11 is 0. The molecule has 0 radical (unpaired) electrons. The first-order valence-electron chi connectivity index (χ1n) is 8.56. The maximum atomic E-state index is 12.9. The first-order valence-corrected chi connectivity index (χ1v) is 8.56. The summed E-state index contributed by atoms with van der Waals surface area (Å²) in [5, 5.41) is 3.05. The average molecular weight is 342 g/mol. The highest BCUT2D eigenvalue weighted by Gasteiger charge is 2.21. The minimum Gasteiger partial charge on any atom is -0.497 e. The number of hydrogen-bond donors (Lipinski definition) is 1. The molecule has 0 unspecified atom stereocenters. The van der Waals surface area contributed by atoms with E-state index in [1.807, 2.05) is 12.1 Å². The Morgan fingerprint density at radius 3 is 2.60 bits per heavy atom. The minimum absolute atomic E-state index is 0.133. The summed E-state index contributed by atoms with van der Waals surface area (Å²) in [6.07, 6.45) is 1.83. The Bertz CT molecular complexity index is 710. The number of rotatable bonds is 5. The molecule has 4 nitrogen and oxygen atoms in total. The summed E-state index contributed by atoms with van der Waals surface area (Å²) in [6.45, 7) is 2.76. The smallest absolute Gasteiger partial charge is 0.251 e. The van der Waals surface area contributed by atoms with Crippen LogP contribution in [0.1, 0.15) is 28.8 Å². The van der Waals surface area contributed by atoms with E-state index >= 15 is 0 Å². The number of carbonyl (C=O) groups excluding carboxylic acids is 1. The number of methoxy groups -OCH3 is 1. The number of likely N-dealkylation sites (tertiary alicyclic amines) is 1. The van der Waals surface area contributed by atoms with E-state index < -0.39 is 0 Å². The number of piperidine rings is 1. The van der Waals surface area contributed by atoms with Crippen LogP contribution in [-0.4, -0.2) is 37.0 Å². The molecule has 3 rings (SSSR count). The average Bonchev–Trinajstić information content (AvgIpc) is 2.64. The van der Waals surface area contributed by atoms with Gasteiger partial charge in [0.2, 0.25) is 0 Å². The van der Waals surface area contributed by atoms with Gasteiger partial charge in [-0.15, -0.1) is 0 Å². The Labute approximate surface area is 147 Å². The van der Waals surface area contributed by atoms with E-state index in [4.69, 9.17) is 4.74 Å². The van der Waals surface area contributed by atoms with Gasteiger partial charge in [0.15, 0.2) is 0 Å². The van der Waals surface area contributed by atoms with Crippen molar-refractivity contribution in [3.63, 3.8) is 0 Å². The highest BCUT2D eigenvalue weighted by atomic mass is 19.1. The first-order chi connectivity index (χ1) is 12.1. The molecule has 2 aromatic carbocycles. The number of carbonyl (C=O) groups is 1. The molecule has 1 aliphatic rings. The number of benzene rings is 2. The molecule has 25 heavy (non-hydrogen) atoms. The van der Waals surface area contributed by atoms with Crippen molar-refractivity contribution in [3.05, 3.63) is 65.5 Å². The predicted octanol–water partition coefficient (Wildman–Crippen LogP) is 3.23. The molecule has 2 aromatic rings. The van der Waals surface area contributed by atoms with Crippen molar-refractivity contribution >= 4 is 5.91 Å². The third-order valence-electron chi connectivity index (χ3n) is 4.57. The first kappa shape index (κ1) is 17.4. The summed E-state index contributed by atoms with van der Waals surface area (Å²) in [4.78, 5) is 14.6. The van der Waals surface area contributed by atoms with E-state index in [0.717, 1.165) is 38.2 Å². The minimum atomic E-state index is -0.331. The van der Waals surface area contributed by atoms with E-state index in [2.05, 4.69) is 22.3 Å². The summed E-state index contributed by atoms with van der Waals surface area (Å²) in [6, 6.07) is 13.9. The second-order valence-electron chi connectivity index (χ2n) is 6.38. The quantitative estimate of drug-likeness (QED) is 0.907. The SMILES string of the molecule is COc1cccc(CN2CCC(NC(=O)c3ccc(F)cc3)CC2)c1. The zero-order valence-electron chi connectivity index (χ0n) is 14.4. The molecular formula is C20H23FN2O2. The molecule has 0 aliphatic carbocycles. The van der Waals surface area contributed by atoms with Gasteiger partial charge in [-0.2, -0.15) is 0 Å². The van der Waals surface area contributed by atoms with Gasteiger partial charge < -0.3 is 10.1 Å². The molecule has 5 heteroatoms. The largest absolute Gasteiger partial charge is 0.497 e. The van der Waals surface area contributed by atoms with Gasteiger partial charge in [0.1, 0.15) is 11.6 Å². The second kappa shape index (κ2) is 8.12. The van der Waals surface area contributed by atoms with Crippen LogP contribution in [-0.2, 0) is 6.54 Å². The Balaban J connectivity index is 1.48. The van der Waals surface area contributed by atoms with Gasteiger partial charge >= 0.3 is 0 Å². The molecule has 1 N–H and O–H groups in total. The van der Waals surface area contributed by atoms with Crippen LogP contribution in [0, 0.1) is 5.82 Å². The molecule has 132 valence electrons. The fourth-order valence-corrected chi connectivity index (χ4v) is 3.13. The van der Waals surface area contributed by atoms with Crippen LogP contribution in [0.15, 0.2) is 48.5 Å². The molecule has 0 bridgehead atoms. The standard InChI is InChI=1S/C20H23FN2O2/c1-25-19-4-2-3-15(13-19)14-23-11-9-18(10-12-23)22-20(24)16-5-7-17(21)8-6-16/h2-8,13,18H,9-12,14H2,1H3,(H,22,24). The molecule has 0 saturated carbocycles. The van der Waals surface area contributed by atoms with Gasteiger partial charge in [-0.05, 0) is 54.8 Å². The number of halogens is 1. The number of nitrogens with zero attached hydrogens (tertiary/aromatic N) is 1. The zero-order valence-corrected chi connectivity index (χ0v) is 14.4. The Morgan fingerprint density at radius 1 is 1.20 bits per heavy atom. The highest BCUT2D eigenvalue weighted by Crippen LogP contribution is 2.18. The van der Waals surface area contributed by atoms with Crippen LogP contribution < -0.4 is 10.1 Å². The highest BCUT2D eigenvalue weighted by molar-refractivity contribution is 5.94. The lowest BCUT2D eigenvalue weighted by atomic mass is 10.0. The molecule has 1 fully saturated rings. The van der Waals surface area contributed by atoms with Crippen LogP contribution in [0.25, 0.3) is 0 Å². The van der Waals surface area contributed by atoms with Crippen LogP contribution in [0.2, 0.25) is 0 Å². The third-order valence-corrected chi connectivity index (χ3v) is 4.57. The molecule has 1 aliphatic heterocycles. The van der Waals surface area contributed by atoms with Crippen LogP contribution in [0.4, 0.5) is 4.39 Å². The van der Waals surface area contributed by atoms with Gasteiger partial charge in [-0.1, -0.05) is 12.1 Å². The van der Waals surface area contributed by atoms with E-state index in [1.54, 1.807) is 7.11 Å². The number of nitrogens with one attached hydrogen (secondary N) is 1. The van der Waals surface area contributed by atoms with Gasteiger partial charge in [-0.3, -0.25) is 9.69 Å². The molecule has 0 aromatic heterocycles. The van der Waals surface area contributed by atoms with Crippen molar-refractivity contribution < 1.29 is 13.9 Å². The summed E-state index contributed by atoms with van der Waals surface area (Å²) in [5.41, 5.74) is 1.73.